The average molecular weight is 293 g/mol. The van der Waals surface area contributed by atoms with Gasteiger partial charge in [0.25, 0.3) is 0 Å². The maximum atomic E-state index is 6.38. The minimum atomic E-state index is 0.117. The van der Waals surface area contributed by atoms with Crippen molar-refractivity contribution >= 4 is 0 Å². The molecule has 0 bridgehead atoms. The fourth-order valence-electron chi connectivity index (χ4n) is 3.36. The zero-order valence-electron chi connectivity index (χ0n) is 14.0. The van der Waals surface area contributed by atoms with Gasteiger partial charge in [-0.1, -0.05) is 6.92 Å². The second kappa shape index (κ2) is 7.43. The Balaban J connectivity index is 2.02. The highest BCUT2D eigenvalue weighted by atomic mass is 16.3. The minimum absolute atomic E-state index is 0.117. The molecule has 1 aliphatic rings. The molecule has 2 N–H and O–H groups in total. The van der Waals surface area contributed by atoms with E-state index in [1.54, 1.807) is 0 Å². The lowest BCUT2D eigenvalue weighted by Gasteiger charge is -2.36. The molecule has 2 rings (SSSR count). The molecule has 1 aromatic heterocycles. The summed E-state index contributed by atoms with van der Waals surface area (Å²) in [5, 5.41) is 0. The molecule has 4 nitrogen and oxygen atoms in total. The number of likely N-dealkylation sites (tertiary alicyclic amines) is 1. The Bertz CT molecular complexity index is 423. The van der Waals surface area contributed by atoms with Gasteiger partial charge in [-0.3, -0.25) is 4.90 Å². The van der Waals surface area contributed by atoms with E-state index in [4.69, 9.17) is 10.2 Å². The smallest absolute Gasteiger partial charge is 0.122 e. The van der Waals surface area contributed by atoms with Crippen LogP contribution in [0.2, 0.25) is 0 Å². The molecule has 0 spiro atoms. The summed E-state index contributed by atoms with van der Waals surface area (Å²) in [6.45, 7) is 7.67. The van der Waals surface area contributed by atoms with Gasteiger partial charge in [-0.2, -0.15) is 0 Å². The molecule has 1 aliphatic heterocycles. The van der Waals surface area contributed by atoms with Crippen LogP contribution in [0, 0.1) is 12.8 Å². The summed E-state index contributed by atoms with van der Waals surface area (Å²) >= 11 is 0. The molecular formula is C17H31N3O. The second-order valence-corrected chi connectivity index (χ2v) is 6.65. The second-order valence-electron chi connectivity index (χ2n) is 6.65. The van der Waals surface area contributed by atoms with E-state index in [-0.39, 0.29) is 12.1 Å². The van der Waals surface area contributed by atoms with Crippen LogP contribution >= 0.6 is 0 Å². The normalized spacial score (nSPS) is 20.9. The van der Waals surface area contributed by atoms with Crippen molar-refractivity contribution in [1.29, 1.82) is 0 Å². The van der Waals surface area contributed by atoms with Crippen LogP contribution < -0.4 is 5.73 Å². The Morgan fingerprint density at radius 2 is 2.05 bits per heavy atom. The summed E-state index contributed by atoms with van der Waals surface area (Å²) in [4.78, 5) is 4.82. The molecule has 0 aromatic carbocycles. The van der Waals surface area contributed by atoms with Crippen molar-refractivity contribution in [1.82, 2.24) is 9.80 Å². The number of likely N-dealkylation sites (N-methyl/N-ethyl adjacent to an activating group) is 1. The van der Waals surface area contributed by atoms with Gasteiger partial charge >= 0.3 is 0 Å². The van der Waals surface area contributed by atoms with E-state index in [9.17, 15) is 0 Å². The summed E-state index contributed by atoms with van der Waals surface area (Å²) in [5.41, 5.74) is 6.38. The van der Waals surface area contributed by atoms with Crippen LogP contribution in [0.5, 0.6) is 0 Å². The molecule has 0 radical (unpaired) electrons. The molecular weight excluding hydrogens is 262 g/mol. The highest BCUT2D eigenvalue weighted by Crippen LogP contribution is 2.28. The van der Waals surface area contributed by atoms with Crippen molar-refractivity contribution in [3.8, 4) is 0 Å². The molecule has 1 fully saturated rings. The molecule has 2 unspecified atom stereocenters. The lowest BCUT2D eigenvalue weighted by Crippen LogP contribution is -2.42. The zero-order chi connectivity index (χ0) is 15.4. The van der Waals surface area contributed by atoms with Crippen molar-refractivity contribution in [2.24, 2.45) is 11.7 Å². The number of piperidine rings is 1. The van der Waals surface area contributed by atoms with Gasteiger partial charge in [0.2, 0.25) is 0 Å². The SMILES string of the molecule is CCC(N)C(c1ccc(C)o1)N(C)CC1CCN(C)CC1. The third-order valence-electron chi connectivity index (χ3n) is 4.79. The van der Waals surface area contributed by atoms with Gasteiger partial charge in [0.05, 0.1) is 6.04 Å². The highest BCUT2D eigenvalue weighted by Gasteiger charge is 2.28. The van der Waals surface area contributed by atoms with E-state index < -0.39 is 0 Å². The van der Waals surface area contributed by atoms with E-state index >= 15 is 0 Å². The van der Waals surface area contributed by atoms with Gasteiger partial charge < -0.3 is 15.1 Å². The third-order valence-corrected chi connectivity index (χ3v) is 4.79. The lowest BCUT2D eigenvalue weighted by atomic mass is 9.94. The fraction of sp³-hybridized carbons (Fsp3) is 0.765. The molecule has 2 heterocycles. The van der Waals surface area contributed by atoms with E-state index in [0.717, 1.165) is 30.4 Å². The van der Waals surface area contributed by atoms with Crippen LogP contribution in [0.1, 0.15) is 43.7 Å². The summed E-state index contributed by atoms with van der Waals surface area (Å²) in [7, 11) is 4.40. The lowest BCUT2D eigenvalue weighted by molar-refractivity contribution is 0.124. The third kappa shape index (κ3) is 4.31. The molecule has 0 aliphatic carbocycles. The molecule has 1 aromatic rings. The highest BCUT2D eigenvalue weighted by molar-refractivity contribution is 5.12. The van der Waals surface area contributed by atoms with Crippen molar-refractivity contribution in [3.63, 3.8) is 0 Å². The predicted octanol–water partition coefficient (Wildman–Crippen LogP) is 2.64. The Hall–Kier alpha value is -0.840. The van der Waals surface area contributed by atoms with Crippen molar-refractivity contribution in [3.05, 3.63) is 23.7 Å². The number of rotatable bonds is 6. The first kappa shape index (κ1) is 16.5. The van der Waals surface area contributed by atoms with Crippen molar-refractivity contribution in [2.45, 2.75) is 45.2 Å². The van der Waals surface area contributed by atoms with Crippen LogP contribution in [0.25, 0.3) is 0 Å². The van der Waals surface area contributed by atoms with E-state index in [1.807, 2.05) is 13.0 Å². The van der Waals surface area contributed by atoms with Crippen molar-refractivity contribution in [2.75, 3.05) is 33.7 Å². The van der Waals surface area contributed by atoms with Crippen LogP contribution in [0.3, 0.4) is 0 Å². The Kier molecular flexibility index (Phi) is 5.85. The predicted molar refractivity (Wildman–Crippen MR) is 87.3 cm³/mol. The molecule has 21 heavy (non-hydrogen) atoms. The monoisotopic (exact) mass is 293 g/mol. The number of furan rings is 1. The summed E-state index contributed by atoms with van der Waals surface area (Å²) in [6.07, 6.45) is 3.53. The number of nitrogens with two attached hydrogens (primary N) is 1. The molecule has 120 valence electrons. The van der Waals surface area contributed by atoms with Gasteiger partial charge in [-0.15, -0.1) is 0 Å². The van der Waals surface area contributed by atoms with Gasteiger partial charge in [-0.25, -0.2) is 0 Å². The maximum Gasteiger partial charge on any atom is 0.122 e. The number of aryl methyl sites for hydroxylation is 1. The van der Waals surface area contributed by atoms with Crippen LogP contribution in [-0.4, -0.2) is 49.6 Å². The first-order chi connectivity index (χ1) is 10.0. The standard InChI is InChI=1S/C17H31N3O/c1-5-15(18)17(16-7-6-13(2)21-16)20(4)12-14-8-10-19(3)11-9-14/h6-7,14-15,17H,5,8-12,18H2,1-4H3. The number of nitrogens with zero attached hydrogens (tertiary/aromatic N) is 2. The van der Waals surface area contributed by atoms with Crippen LogP contribution in [0.4, 0.5) is 0 Å². The Morgan fingerprint density at radius 1 is 1.38 bits per heavy atom. The van der Waals surface area contributed by atoms with E-state index in [1.165, 1.54) is 25.9 Å². The molecule has 0 amide bonds. The number of hydrogen-bond donors (Lipinski definition) is 1. The topological polar surface area (TPSA) is 45.6 Å². The largest absolute Gasteiger partial charge is 0.465 e. The van der Waals surface area contributed by atoms with Gasteiger partial charge in [0.15, 0.2) is 0 Å². The van der Waals surface area contributed by atoms with Gasteiger partial charge in [-0.05, 0) is 71.4 Å². The molecule has 4 heteroatoms. The summed E-state index contributed by atoms with van der Waals surface area (Å²) in [5.74, 6) is 2.75. The molecule has 0 saturated carbocycles. The first-order valence-corrected chi connectivity index (χ1v) is 8.22. The van der Waals surface area contributed by atoms with Gasteiger partial charge in [0, 0.05) is 12.6 Å². The quantitative estimate of drug-likeness (QED) is 0.876. The molecule has 1 saturated heterocycles. The van der Waals surface area contributed by atoms with Crippen molar-refractivity contribution < 1.29 is 4.42 Å². The Labute approximate surface area is 129 Å². The van der Waals surface area contributed by atoms with Gasteiger partial charge in [0.1, 0.15) is 11.5 Å². The number of hydrogen-bond acceptors (Lipinski definition) is 4. The summed E-state index contributed by atoms with van der Waals surface area (Å²) < 4.78 is 5.87. The van der Waals surface area contributed by atoms with Crippen LogP contribution in [-0.2, 0) is 0 Å². The Morgan fingerprint density at radius 3 is 2.57 bits per heavy atom. The van der Waals surface area contributed by atoms with E-state index in [2.05, 4.69) is 36.9 Å². The minimum Gasteiger partial charge on any atom is -0.465 e. The van der Waals surface area contributed by atoms with E-state index in [0.29, 0.717) is 0 Å². The average Bonchev–Trinajstić information content (AvgIpc) is 2.87. The zero-order valence-corrected chi connectivity index (χ0v) is 14.0. The maximum absolute atomic E-state index is 6.38. The van der Waals surface area contributed by atoms with Crippen LogP contribution in [0.15, 0.2) is 16.5 Å². The molecule has 2 atom stereocenters. The summed E-state index contributed by atoms with van der Waals surface area (Å²) in [6, 6.07) is 4.42. The first-order valence-electron chi connectivity index (χ1n) is 8.22. The fourth-order valence-corrected chi connectivity index (χ4v) is 3.36.